The number of hydrogen-bond donors (Lipinski definition) is 0. The van der Waals surface area contributed by atoms with E-state index in [1.165, 1.54) is 22.5 Å². The minimum absolute atomic E-state index is 0.00324. The highest BCUT2D eigenvalue weighted by Gasteiger charge is 2.32. The van der Waals surface area contributed by atoms with Crippen molar-refractivity contribution in [3.8, 4) is 0 Å². The molecule has 0 N–H and O–H groups in total. The van der Waals surface area contributed by atoms with Gasteiger partial charge in [0.1, 0.15) is 11.5 Å². The van der Waals surface area contributed by atoms with Crippen LogP contribution in [-0.4, -0.2) is 31.9 Å². The average Bonchev–Trinajstić information content (AvgIpc) is 3.29. The van der Waals surface area contributed by atoms with Crippen molar-refractivity contribution in [3.05, 3.63) is 69.7 Å². The first kappa shape index (κ1) is 17.0. The van der Waals surface area contributed by atoms with E-state index in [2.05, 4.69) is 46.6 Å². The van der Waals surface area contributed by atoms with E-state index < -0.39 is 0 Å². The van der Waals surface area contributed by atoms with Crippen molar-refractivity contribution in [2.45, 2.75) is 39.3 Å². The fourth-order valence-corrected chi connectivity index (χ4v) is 4.22. The largest absolute Gasteiger partial charge is 0.332 e. The summed E-state index contributed by atoms with van der Waals surface area (Å²) in [6.07, 6.45) is 3.87. The Kier molecular flexibility index (Phi) is 4.36. The Morgan fingerprint density at radius 2 is 2.12 bits per heavy atom. The molecule has 6 heteroatoms. The fraction of sp³-hybridized carbons (Fsp3) is 0.350. The van der Waals surface area contributed by atoms with Crippen LogP contribution in [0.15, 0.2) is 42.0 Å². The van der Waals surface area contributed by atoms with Crippen molar-refractivity contribution >= 4 is 17.2 Å². The van der Waals surface area contributed by atoms with Gasteiger partial charge in [0.2, 0.25) is 0 Å². The normalized spacial score (nSPS) is 16.8. The minimum Gasteiger partial charge on any atom is -0.332 e. The lowest BCUT2D eigenvalue weighted by atomic mass is 9.88. The number of aromatic nitrogens is 3. The highest BCUT2D eigenvalue weighted by molar-refractivity contribution is 7.09. The van der Waals surface area contributed by atoms with Crippen LogP contribution in [-0.2, 0) is 6.54 Å². The van der Waals surface area contributed by atoms with Gasteiger partial charge in [-0.15, -0.1) is 11.3 Å². The van der Waals surface area contributed by atoms with E-state index in [1.807, 2.05) is 35.7 Å². The summed E-state index contributed by atoms with van der Waals surface area (Å²) in [4.78, 5) is 23.9. The van der Waals surface area contributed by atoms with Crippen molar-refractivity contribution in [3.63, 3.8) is 0 Å². The number of thiazole rings is 1. The maximum atomic E-state index is 13.0. The molecule has 0 bridgehead atoms. The van der Waals surface area contributed by atoms with Crippen molar-refractivity contribution in [1.29, 1.82) is 0 Å². The maximum absolute atomic E-state index is 13.0. The average molecular weight is 366 g/mol. The molecular weight excluding hydrogens is 344 g/mol. The summed E-state index contributed by atoms with van der Waals surface area (Å²) < 4.78 is 2.20. The zero-order valence-corrected chi connectivity index (χ0v) is 16.0. The molecule has 0 saturated heterocycles. The lowest BCUT2D eigenvalue weighted by Crippen LogP contribution is -2.39. The van der Waals surface area contributed by atoms with Gasteiger partial charge >= 0.3 is 0 Å². The Labute approximate surface area is 157 Å². The van der Waals surface area contributed by atoms with Gasteiger partial charge in [0.05, 0.1) is 10.9 Å². The number of carbonyl (C=O) groups excluding carboxylic acids is 1. The molecule has 0 radical (unpaired) electrons. The van der Waals surface area contributed by atoms with Crippen molar-refractivity contribution in [1.82, 2.24) is 19.4 Å². The molecule has 1 aliphatic heterocycles. The second kappa shape index (κ2) is 6.68. The summed E-state index contributed by atoms with van der Waals surface area (Å²) in [5.41, 5.74) is 2.99. The van der Waals surface area contributed by atoms with Crippen molar-refractivity contribution in [2.24, 2.45) is 0 Å². The van der Waals surface area contributed by atoms with Gasteiger partial charge in [0.25, 0.3) is 5.91 Å². The fourth-order valence-electron chi connectivity index (χ4n) is 3.64. The number of benzene rings is 1. The molecule has 0 fully saturated rings. The maximum Gasteiger partial charge on any atom is 0.273 e. The van der Waals surface area contributed by atoms with Gasteiger partial charge in [0, 0.05) is 36.9 Å². The number of hydrogen-bond acceptors (Lipinski definition) is 4. The lowest BCUT2D eigenvalue weighted by molar-refractivity contribution is 0.0717. The van der Waals surface area contributed by atoms with Crippen molar-refractivity contribution in [2.75, 3.05) is 6.54 Å². The zero-order chi connectivity index (χ0) is 18.3. The number of imidazole rings is 1. The van der Waals surface area contributed by atoms with Gasteiger partial charge in [0.15, 0.2) is 0 Å². The first-order valence-corrected chi connectivity index (χ1v) is 9.74. The summed E-state index contributed by atoms with van der Waals surface area (Å²) in [7, 11) is 0. The van der Waals surface area contributed by atoms with E-state index in [-0.39, 0.29) is 11.8 Å². The van der Waals surface area contributed by atoms with E-state index in [0.717, 1.165) is 10.8 Å². The van der Waals surface area contributed by atoms with Crippen LogP contribution in [0.1, 0.15) is 58.3 Å². The van der Waals surface area contributed by atoms with Gasteiger partial charge in [-0.2, -0.15) is 0 Å². The Bertz CT molecular complexity index is 943. The first-order valence-electron chi connectivity index (χ1n) is 8.86. The number of rotatable bonds is 3. The van der Waals surface area contributed by atoms with Crippen LogP contribution in [0.2, 0.25) is 0 Å². The molecule has 3 aromatic rings. The molecule has 0 spiro atoms. The molecule has 26 heavy (non-hydrogen) atoms. The van der Waals surface area contributed by atoms with Gasteiger partial charge in [-0.05, 0) is 31.9 Å². The van der Waals surface area contributed by atoms with Crippen LogP contribution in [0.3, 0.4) is 0 Å². The van der Waals surface area contributed by atoms with Crippen LogP contribution in [0.4, 0.5) is 0 Å². The number of carbonyl (C=O) groups is 1. The predicted molar refractivity (Wildman–Crippen MR) is 102 cm³/mol. The number of nitrogens with zero attached hydrogens (tertiary/aromatic N) is 4. The van der Waals surface area contributed by atoms with Crippen LogP contribution in [0.25, 0.3) is 0 Å². The minimum atomic E-state index is -0.00324. The zero-order valence-electron chi connectivity index (χ0n) is 15.2. The van der Waals surface area contributed by atoms with Crippen LogP contribution >= 0.6 is 11.3 Å². The van der Waals surface area contributed by atoms with Gasteiger partial charge in [-0.25, -0.2) is 9.97 Å². The number of amides is 1. The molecule has 0 aliphatic carbocycles. The predicted octanol–water partition coefficient (Wildman–Crippen LogP) is 4.02. The molecule has 3 heterocycles. The molecule has 5 nitrogen and oxygen atoms in total. The third kappa shape index (κ3) is 2.94. The molecule has 1 amide bonds. The third-order valence-electron chi connectivity index (χ3n) is 4.89. The summed E-state index contributed by atoms with van der Waals surface area (Å²) >= 11 is 1.51. The van der Waals surface area contributed by atoms with E-state index in [4.69, 9.17) is 0 Å². The SMILES string of the molecule is Cc1nc(C(=O)N2Cc3ccccc3[C@@H](c3nccn3C(C)C)C2)cs1. The molecule has 134 valence electrons. The Hall–Kier alpha value is -2.47. The van der Waals surface area contributed by atoms with Crippen LogP contribution in [0, 0.1) is 6.92 Å². The smallest absolute Gasteiger partial charge is 0.273 e. The third-order valence-corrected chi connectivity index (χ3v) is 5.66. The van der Waals surface area contributed by atoms with Gasteiger partial charge < -0.3 is 9.47 Å². The highest BCUT2D eigenvalue weighted by atomic mass is 32.1. The standard InChI is InChI=1S/C20H22N4OS/c1-13(2)24-9-8-21-19(24)17-11-23(10-15-6-4-5-7-16(15)17)20(25)18-12-26-14(3)22-18/h4-9,12-13,17H,10-11H2,1-3H3/t17-/m0/s1. The van der Waals surface area contributed by atoms with E-state index >= 15 is 0 Å². The monoisotopic (exact) mass is 366 g/mol. The molecule has 1 aliphatic rings. The quantitative estimate of drug-likeness (QED) is 0.703. The Morgan fingerprint density at radius 1 is 1.31 bits per heavy atom. The van der Waals surface area contributed by atoms with Crippen LogP contribution in [0.5, 0.6) is 0 Å². The molecule has 2 aromatic heterocycles. The van der Waals surface area contributed by atoms with Crippen LogP contribution < -0.4 is 0 Å². The Morgan fingerprint density at radius 3 is 2.85 bits per heavy atom. The number of fused-ring (bicyclic) bond motifs is 1. The van der Waals surface area contributed by atoms with Gasteiger partial charge in [-0.1, -0.05) is 24.3 Å². The van der Waals surface area contributed by atoms with E-state index in [9.17, 15) is 4.79 Å². The second-order valence-corrected chi connectivity index (χ2v) is 8.04. The topological polar surface area (TPSA) is 51.0 Å². The summed E-state index contributed by atoms with van der Waals surface area (Å²) in [6, 6.07) is 8.69. The molecule has 0 unspecified atom stereocenters. The van der Waals surface area contributed by atoms with E-state index in [1.54, 1.807) is 0 Å². The highest BCUT2D eigenvalue weighted by Crippen LogP contribution is 2.34. The van der Waals surface area contributed by atoms with Gasteiger partial charge in [-0.3, -0.25) is 4.79 Å². The molecule has 1 atom stereocenters. The summed E-state index contributed by atoms with van der Waals surface area (Å²) in [5.74, 6) is 1.08. The lowest BCUT2D eigenvalue weighted by Gasteiger charge is -2.34. The second-order valence-electron chi connectivity index (χ2n) is 6.98. The summed E-state index contributed by atoms with van der Waals surface area (Å²) in [6.45, 7) is 7.47. The summed E-state index contributed by atoms with van der Waals surface area (Å²) in [5, 5.41) is 2.76. The molecule has 4 rings (SSSR count). The molecule has 1 aromatic carbocycles. The molecule has 0 saturated carbocycles. The number of aryl methyl sites for hydroxylation is 1. The Balaban J connectivity index is 1.74. The van der Waals surface area contributed by atoms with E-state index in [0.29, 0.717) is 24.8 Å². The van der Waals surface area contributed by atoms with Crippen molar-refractivity contribution < 1.29 is 4.79 Å². The molecular formula is C20H22N4OS. The first-order chi connectivity index (χ1) is 12.5.